The molecule has 3 heterocycles. The molecule has 1 saturated heterocycles. The van der Waals surface area contributed by atoms with Crippen molar-refractivity contribution in [2.75, 3.05) is 41.9 Å². The van der Waals surface area contributed by atoms with Gasteiger partial charge in [0.25, 0.3) is 0 Å². The molecule has 0 unspecified atom stereocenters. The Morgan fingerprint density at radius 2 is 1.65 bits per heavy atom. The van der Waals surface area contributed by atoms with Gasteiger partial charge >= 0.3 is 0 Å². The van der Waals surface area contributed by atoms with Gasteiger partial charge in [-0.3, -0.25) is 0 Å². The van der Waals surface area contributed by atoms with E-state index in [1.807, 2.05) is 66.7 Å². The maximum Gasteiger partial charge on any atom is 0.250 e. The Balaban J connectivity index is 1.34. The summed E-state index contributed by atoms with van der Waals surface area (Å²) in [5.41, 5.74) is 4.58. The third-order valence-electron chi connectivity index (χ3n) is 5.07. The molecule has 0 bridgehead atoms. The number of nitrogens with zero attached hydrogens (tertiary/aromatic N) is 5. The van der Waals surface area contributed by atoms with Gasteiger partial charge in [-0.2, -0.15) is 20.1 Å². The Hall–Kier alpha value is -3.95. The largest absolute Gasteiger partial charge is 0.455 e. The monoisotopic (exact) mass is 475 g/mol. The lowest BCUT2D eigenvalue weighted by Crippen LogP contribution is -2.37. The van der Waals surface area contributed by atoms with E-state index >= 15 is 0 Å². The minimum absolute atomic E-state index is 0.309. The van der Waals surface area contributed by atoms with Gasteiger partial charge in [0.05, 0.1) is 24.5 Å². The summed E-state index contributed by atoms with van der Waals surface area (Å²) in [6, 6.07) is 20.9. The van der Waals surface area contributed by atoms with Crippen molar-refractivity contribution in [1.82, 2.24) is 15.0 Å². The molecule has 1 aliphatic rings. The van der Waals surface area contributed by atoms with E-state index in [1.54, 1.807) is 6.21 Å². The lowest BCUT2D eigenvalue weighted by atomic mass is 10.2. The normalized spacial score (nSPS) is 13.9. The second-order valence-electron chi connectivity index (χ2n) is 7.42. The molecule has 0 radical (unpaired) electrons. The summed E-state index contributed by atoms with van der Waals surface area (Å²) in [5, 5.41) is 8.09. The number of rotatable bonds is 7. The summed E-state index contributed by atoms with van der Waals surface area (Å²) in [7, 11) is 0. The van der Waals surface area contributed by atoms with E-state index < -0.39 is 0 Å². The number of hydrogen-bond acceptors (Lipinski definition) is 9. The van der Waals surface area contributed by atoms with Gasteiger partial charge in [0.15, 0.2) is 0 Å². The number of anilines is 4. The first-order valence-corrected chi connectivity index (χ1v) is 11.2. The molecule has 0 spiro atoms. The number of ether oxygens (including phenoxy) is 1. The highest BCUT2D eigenvalue weighted by Gasteiger charge is 2.17. The molecule has 172 valence electrons. The Labute approximate surface area is 201 Å². The highest BCUT2D eigenvalue weighted by molar-refractivity contribution is 6.33. The van der Waals surface area contributed by atoms with Crippen molar-refractivity contribution in [2.45, 2.75) is 0 Å². The second-order valence-corrected chi connectivity index (χ2v) is 7.83. The van der Waals surface area contributed by atoms with Gasteiger partial charge in [0, 0.05) is 24.3 Å². The summed E-state index contributed by atoms with van der Waals surface area (Å²) < 4.78 is 11.3. The van der Waals surface area contributed by atoms with Crippen LogP contribution in [0.25, 0.3) is 11.3 Å². The number of aromatic nitrogens is 3. The van der Waals surface area contributed by atoms with Crippen LogP contribution in [0.15, 0.2) is 76.2 Å². The molecule has 10 heteroatoms. The summed E-state index contributed by atoms with van der Waals surface area (Å²) in [4.78, 5) is 15.6. The van der Waals surface area contributed by atoms with Crippen LogP contribution < -0.4 is 15.6 Å². The van der Waals surface area contributed by atoms with Crippen LogP contribution in [-0.4, -0.2) is 47.5 Å². The van der Waals surface area contributed by atoms with Gasteiger partial charge in [-0.15, -0.1) is 0 Å². The fraction of sp³-hybridized carbons (Fsp3) is 0.167. The van der Waals surface area contributed by atoms with E-state index in [-0.39, 0.29) is 0 Å². The Bertz CT molecular complexity index is 1270. The predicted octanol–water partition coefficient (Wildman–Crippen LogP) is 4.81. The average Bonchev–Trinajstić information content (AvgIpc) is 3.34. The van der Waals surface area contributed by atoms with E-state index in [4.69, 9.17) is 20.8 Å². The van der Waals surface area contributed by atoms with E-state index in [2.05, 4.69) is 35.7 Å². The van der Waals surface area contributed by atoms with Crippen molar-refractivity contribution < 1.29 is 9.15 Å². The number of benzene rings is 2. The zero-order chi connectivity index (χ0) is 23.2. The first-order valence-electron chi connectivity index (χ1n) is 10.8. The first kappa shape index (κ1) is 21.9. The van der Waals surface area contributed by atoms with Gasteiger partial charge in [0.2, 0.25) is 17.8 Å². The molecular formula is C24H22ClN7O2. The van der Waals surface area contributed by atoms with Gasteiger partial charge in [0.1, 0.15) is 11.5 Å². The van der Waals surface area contributed by atoms with Crippen molar-refractivity contribution in [3.8, 4) is 11.3 Å². The Morgan fingerprint density at radius 1 is 0.882 bits per heavy atom. The second kappa shape index (κ2) is 10.3. The molecule has 0 amide bonds. The molecule has 4 aromatic rings. The summed E-state index contributed by atoms with van der Waals surface area (Å²) in [6.45, 7) is 2.66. The van der Waals surface area contributed by atoms with Gasteiger partial charge < -0.3 is 19.4 Å². The van der Waals surface area contributed by atoms with Crippen molar-refractivity contribution >= 4 is 41.3 Å². The van der Waals surface area contributed by atoms with Crippen LogP contribution in [0.2, 0.25) is 5.02 Å². The number of hydrogen-bond donors (Lipinski definition) is 2. The molecule has 1 aliphatic heterocycles. The zero-order valence-corrected chi connectivity index (χ0v) is 18.9. The topological polar surface area (TPSA) is 101 Å². The third-order valence-corrected chi connectivity index (χ3v) is 5.40. The summed E-state index contributed by atoms with van der Waals surface area (Å²) >= 11 is 6.26. The maximum atomic E-state index is 6.26. The van der Waals surface area contributed by atoms with Crippen LogP contribution in [0.1, 0.15) is 5.76 Å². The Morgan fingerprint density at radius 3 is 2.47 bits per heavy atom. The number of nitrogens with one attached hydrogen (secondary N) is 2. The molecule has 0 atom stereocenters. The number of para-hydroxylation sites is 1. The molecule has 0 saturated carbocycles. The molecule has 1 fully saturated rings. The van der Waals surface area contributed by atoms with Crippen molar-refractivity contribution in [3.63, 3.8) is 0 Å². The number of hydrazone groups is 1. The fourth-order valence-corrected chi connectivity index (χ4v) is 3.64. The minimum Gasteiger partial charge on any atom is -0.455 e. The van der Waals surface area contributed by atoms with Crippen molar-refractivity contribution in [2.24, 2.45) is 5.10 Å². The van der Waals surface area contributed by atoms with E-state index in [9.17, 15) is 0 Å². The standard InChI is InChI=1S/C24H22ClN7O2/c25-20-9-5-4-8-19(20)21-11-10-18(34-21)16-26-31-23-28-22(27-17-6-2-1-3-7-17)29-24(30-23)32-12-14-33-15-13-32/h1-11,16H,12-15H2,(H2,27,28,29,30,31)/b26-16-. The molecule has 34 heavy (non-hydrogen) atoms. The van der Waals surface area contributed by atoms with Crippen LogP contribution in [0.5, 0.6) is 0 Å². The third kappa shape index (κ3) is 5.33. The summed E-state index contributed by atoms with van der Waals surface area (Å²) in [6.07, 6.45) is 1.56. The molecule has 2 N–H and O–H groups in total. The average molecular weight is 476 g/mol. The highest BCUT2D eigenvalue weighted by Crippen LogP contribution is 2.28. The van der Waals surface area contributed by atoms with Crippen molar-refractivity contribution in [3.05, 3.63) is 77.5 Å². The predicted molar refractivity (Wildman–Crippen MR) is 133 cm³/mol. The molecule has 0 aliphatic carbocycles. The Kier molecular flexibility index (Phi) is 6.64. The smallest absolute Gasteiger partial charge is 0.250 e. The minimum atomic E-state index is 0.309. The summed E-state index contributed by atoms with van der Waals surface area (Å²) in [5.74, 6) is 2.50. The van der Waals surface area contributed by atoms with Crippen molar-refractivity contribution in [1.29, 1.82) is 0 Å². The molecule has 9 nitrogen and oxygen atoms in total. The van der Waals surface area contributed by atoms with E-state index in [0.29, 0.717) is 60.7 Å². The fourth-order valence-electron chi connectivity index (χ4n) is 3.41. The lowest BCUT2D eigenvalue weighted by molar-refractivity contribution is 0.122. The lowest BCUT2D eigenvalue weighted by Gasteiger charge is -2.27. The van der Waals surface area contributed by atoms with E-state index in [0.717, 1.165) is 11.3 Å². The zero-order valence-electron chi connectivity index (χ0n) is 18.2. The molecular weight excluding hydrogens is 454 g/mol. The van der Waals surface area contributed by atoms with E-state index in [1.165, 1.54) is 0 Å². The number of furan rings is 1. The van der Waals surface area contributed by atoms with Crippen LogP contribution in [0.4, 0.5) is 23.5 Å². The molecule has 5 rings (SSSR count). The number of morpholine rings is 1. The van der Waals surface area contributed by atoms with Gasteiger partial charge in [-0.25, -0.2) is 5.43 Å². The molecule has 2 aromatic carbocycles. The van der Waals surface area contributed by atoms with Gasteiger partial charge in [-0.1, -0.05) is 41.9 Å². The number of halogens is 1. The maximum absolute atomic E-state index is 6.26. The van der Waals surface area contributed by atoms with Crippen LogP contribution in [0.3, 0.4) is 0 Å². The highest BCUT2D eigenvalue weighted by atomic mass is 35.5. The SMILES string of the molecule is Clc1ccccc1-c1ccc(/C=N\Nc2nc(Nc3ccccc3)nc(N3CCOCC3)n2)o1. The van der Waals surface area contributed by atoms with Crippen LogP contribution in [-0.2, 0) is 4.74 Å². The quantitative estimate of drug-likeness (QED) is 0.290. The first-order chi connectivity index (χ1) is 16.7. The van der Waals surface area contributed by atoms with Crippen LogP contribution >= 0.6 is 11.6 Å². The van der Waals surface area contributed by atoms with Crippen LogP contribution in [0, 0.1) is 0 Å². The van der Waals surface area contributed by atoms with Gasteiger partial charge in [-0.05, 0) is 36.4 Å². The molecule has 2 aromatic heterocycles.